The first-order valence-electron chi connectivity index (χ1n) is 9.93. The minimum absolute atomic E-state index is 0.0685. The lowest BCUT2D eigenvalue weighted by Gasteiger charge is -2.26. The second kappa shape index (κ2) is 8.59. The summed E-state index contributed by atoms with van der Waals surface area (Å²) in [6.45, 7) is 8.14. The predicted octanol–water partition coefficient (Wildman–Crippen LogP) is 3.77. The molecule has 27 heavy (non-hydrogen) atoms. The van der Waals surface area contributed by atoms with Gasteiger partial charge in [-0.15, -0.1) is 0 Å². The second-order valence-corrected chi connectivity index (χ2v) is 8.05. The summed E-state index contributed by atoms with van der Waals surface area (Å²) >= 11 is 0. The summed E-state index contributed by atoms with van der Waals surface area (Å²) in [7, 11) is 1.68. The van der Waals surface area contributed by atoms with Gasteiger partial charge < -0.3 is 14.6 Å². The monoisotopic (exact) mass is 369 g/mol. The van der Waals surface area contributed by atoms with E-state index in [-0.39, 0.29) is 11.8 Å². The number of para-hydroxylation sites is 1. The van der Waals surface area contributed by atoms with Gasteiger partial charge >= 0.3 is 0 Å². The maximum Gasteiger partial charge on any atom is 0.221 e. The van der Waals surface area contributed by atoms with Crippen molar-refractivity contribution < 1.29 is 9.53 Å². The van der Waals surface area contributed by atoms with E-state index in [9.17, 15) is 4.79 Å². The van der Waals surface area contributed by atoms with Gasteiger partial charge in [-0.2, -0.15) is 0 Å². The third kappa shape index (κ3) is 4.52. The number of imidazole rings is 1. The van der Waals surface area contributed by atoms with E-state index in [0.29, 0.717) is 24.8 Å². The zero-order valence-electron chi connectivity index (χ0n) is 16.9. The number of hydrogen-bond acceptors (Lipinski definition) is 3. The highest BCUT2D eigenvalue weighted by molar-refractivity contribution is 5.77. The van der Waals surface area contributed by atoms with Gasteiger partial charge in [0.2, 0.25) is 5.91 Å². The molecule has 1 aliphatic heterocycles. The number of benzene rings is 1. The highest BCUT2D eigenvalue weighted by Crippen LogP contribution is 2.36. The quantitative estimate of drug-likeness (QED) is 0.808. The fraction of sp³-hybridized carbons (Fsp3) is 0.545. The van der Waals surface area contributed by atoms with Crippen molar-refractivity contribution in [2.45, 2.75) is 52.5 Å². The Bertz CT molecular complexity index is 782. The SMILES string of the molecule is COc1ccccc1[C@H](CC(=O)NCC(C)C)c1cnc2n1C[C@H](C)CC2. The predicted molar refractivity (Wildman–Crippen MR) is 107 cm³/mol. The molecule has 3 rings (SSSR count). The highest BCUT2D eigenvalue weighted by Gasteiger charge is 2.28. The van der Waals surface area contributed by atoms with Crippen LogP contribution in [0.15, 0.2) is 30.5 Å². The number of amides is 1. The van der Waals surface area contributed by atoms with Crippen LogP contribution >= 0.6 is 0 Å². The number of aromatic nitrogens is 2. The summed E-state index contributed by atoms with van der Waals surface area (Å²) in [5.74, 6) is 3.00. The fourth-order valence-electron chi connectivity index (χ4n) is 3.80. The summed E-state index contributed by atoms with van der Waals surface area (Å²) in [6.07, 6.45) is 4.52. The van der Waals surface area contributed by atoms with Crippen LogP contribution in [0.2, 0.25) is 0 Å². The Labute approximate surface area is 162 Å². The van der Waals surface area contributed by atoms with Crippen LogP contribution in [0.25, 0.3) is 0 Å². The van der Waals surface area contributed by atoms with E-state index in [1.807, 2.05) is 24.4 Å². The van der Waals surface area contributed by atoms with Crippen molar-refractivity contribution in [3.63, 3.8) is 0 Å². The zero-order chi connectivity index (χ0) is 19.4. The van der Waals surface area contributed by atoms with Gasteiger partial charge in [0.1, 0.15) is 11.6 Å². The molecule has 2 heterocycles. The average Bonchev–Trinajstić information content (AvgIpc) is 3.07. The van der Waals surface area contributed by atoms with E-state index in [2.05, 4.69) is 41.7 Å². The van der Waals surface area contributed by atoms with Crippen molar-refractivity contribution in [2.24, 2.45) is 11.8 Å². The number of nitrogens with one attached hydrogen (secondary N) is 1. The van der Waals surface area contributed by atoms with Crippen LogP contribution in [0.1, 0.15) is 56.6 Å². The first kappa shape index (κ1) is 19.5. The molecule has 5 heteroatoms. The molecule has 0 saturated heterocycles. The maximum atomic E-state index is 12.7. The zero-order valence-corrected chi connectivity index (χ0v) is 16.9. The number of hydrogen-bond donors (Lipinski definition) is 1. The molecular weight excluding hydrogens is 338 g/mol. The van der Waals surface area contributed by atoms with Crippen LogP contribution in [0, 0.1) is 11.8 Å². The first-order chi connectivity index (χ1) is 13.0. The molecule has 1 N–H and O–H groups in total. The Morgan fingerprint density at radius 1 is 1.37 bits per heavy atom. The number of ether oxygens (including phenoxy) is 1. The fourth-order valence-corrected chi connectivity index (χ4v) is 3.80. The number of carbonyl (C=O) groups excluding carboxylic acids is 1. The lowest BCUT2D eigenvalue weighted by atomic mass is 9.90. The molecule has 0 aliphatic carbocycles. The largest absolute Gasteiger partial charge is 0.496 e. The molecule has 1 amide bonds. The average molecular weight is 370 g/mol. The van der Waals surface area contributed by atoms with Crippen LogP contribution in [-0.4, -0.2) is 29.1 Å². The Balaban J connectivity index is 1.96. The molecule has 5 nitrogen and oxygen atoms in total. The Hall–Kier alpha value is -2.30. The molecule has 0 saturated carbocycles. The molecule has 146 valence electrons. The van der Waals surface area contributed by atoms with Crippen molar-refractivity contribution >= 4 is 5.91 Å². The molecule has 0 bridgehead atoms. The van der Waals surface area contributed by atoms with E-state index in [1.165, 1.54) is 6.42 Å². The van der Waals surface area contributed by atoms with Gasteiger partial charge in [-0.1, -0.05) is 39.0 Å². The molecule has 0 radical (unpaired) electrons. The van der Waals surface area contributed by atoms with Crippen LogP contribution in [-0.2, 0) is 17.8 Å². The number of nitrogens with zero attached hydrogens (tertiary/aromatic N) is 2. The van der Waals surface area contributed by atoms with Crippen LogP contribution in [0.4, 0.5) is 0 Å². The van der Waals surface area contributed by atoms with Gasteiger partial charge in [0.05, 0.1) is 7.11 Å². The Kier molecular flexibility index (Phi) is 6.19. The van der Waals surface area contributed by atoms with Crippen LogP contribution in [0.5, 0.6) is 5.75 Å². The van der Waals surface area contributed by atoms with Gasteiger partial charge in [0.15, 0.2) is 0 Å². The van der Waals surface area contributed by atoms with Crippen molar-refractivity contribution in [3.8, 4) is 5.75 Å². The summed E-state index contributed by atoms with van der Waals surface area (Å²) in [4.78, 5) is 17.3. The van der Waals surface area contributed by atoms with E-state index < -0.39 is 0 Å². The number of carbonyl (C=O) groups is 1. The smallest absolute Gasteiger partial charge is 0.221 e. The minimum atomic E-state index is -0.0696. The third-order valence-corrected chi connectivity index (χ3v) is 5.29. The van der Waals surface area contributed by atoms with E-state index in [1.54, 1.807) is 7.11 Å². The van der Waals surface area contributed by atoms with Crippen LogP contribution < -0.4 is 10.1 Å². The summed E-state index contributed by atoms with van der Waals surface area (Å²) < 4.78 is 7.93. The Morgan fingerprint density at radius 3 is 2.89 bits per heavy atom. The van der Waals surface area contributed by atoms with E-state index in [4.69, 9.17) is 4.74 Å². The molecule has 0 unspecified atom stereocenters. The van der Waals surface area contributed by atoms with Crippen molar-refractivity contribution in [2.75, 3.05) is 13.7 Å². The van der Waals surface area contributed by atoms with Gasteiger partial charge in [-0.05, 0) is 24.3 Å². The molecule has 2 aromatic rings. The standard InChI is InChI=1S/C22H31N3O2/c1-15(2)12-24-22(26)11-18(17-7-5-6-8-20(17)27-4)19-13-23-21-10-9-16(3)14-25(19)21/h5-8,13,15-16,18H,9-12,14H2,1-4H3,(H,24,26)/t16-,18+/m1/s1. The molecule has 1 aromatic heterocycles. The molecular formula is C22H31N3O2. The normalized spacial score (nSPS) is 17.4. The lowest BCUT2D eigenvalue weighted by Crippen LogP contribution is -2.30. The number of rotatable bonds is 7. The van der Waals surface area contributed by atoms with Gasteiger partial charge in [-0.3, -0.25) is 4.79 Å². The van der Waals surface area contributed by atoms with Crippen molar-refractivity contribution in [1.29, 1.82) is 0 Å². The van der Waals surface area contributed by atoms with E-state index >= 15 is 0 Å². The molecule has 1 aromatic carbocycles. The molecule has 0 spiro atoms. The van der Waals surface area contributed by atoms with Gasteiger partial charge in [0.25, 0.3) is 0 Å². The summed E-state index contributed by atoms with van der Waals surface area (Å²) in [5.41, 5.74) is 2.15. The number of aryl methyl sites for hydroxylation is 1. The summed E-state index contributed by atoms with van der Waals surface area (Å²) in [6, 6.07) is 8.00. The highest BCUT2D eigenvalue weighted by atomic mass is 16.5. The van der Waals surface area contributed by atoms with Gasteiger partial charge in [-0.25, -0.2) is 4.98 Å². The number of methoxy groups -OCH3 is 1. The van der Waals surface area contributed by atoms with Crippen molar-refractivity contribution in [1.82, 2.24) is 14.9 Å². The maximum absolute atomic E-state index is 12.7. The number of fused-ring (bicyclic) bond motifs is 1. The van der Waals surface area contributed by atoms with Gasteiger partial charge in [0, 0.05) is 49.3 Å². The lowest BCUT2D eigenvalue weighted by molar-refractivity contribution is -0.121. The first-order valence-corrected chi connectivity index (χ1v) is 9.93. The van der Waals surface area contributed by atoms with Crippen molar-refractivity contribution in [3.05, 3.63) is 47.5 Å². The third-order valence-electron chi connectivity index (χ3n) is 5.29. The second-order valence-electron chi connectivity index (χ2n) is 8.05. The topological polar surface area (TPSA) is 56.1 Å². The molecule has 2 atom stereocenters. The Morgan fingerprint density at radius 2 is 2.15 bits per heavy atom. The molecule has 0 fully saturated rings. The minimum Gasteiger partial charge on any atom is -0.496 e. The molecule has 1 aliphatic rings. The summed E-state index contributed by atoms with van der Waals surface area (Å²) in [5, 5.41) is 3.06. The van der Waals surface area contributed by atoms with Crippen LogP contribution in [0.3, 0.4) is 0 Å². The van der Waals surface area contributed by atoms with E-state index in [0.717, 1.165) is 35.8 Å².